The van der Waals surface area contributed by atoms with Gasteiger partial charge < -0.3 is 21.2 Å². The summed E-state index contributed by atoms with van der Waals surface area (Å²) in [5.74, 6) is -0.756. The van der Waals surface area contributed by atoms with Crippen molar-refractivity contribution in [1.82, 2.24) is 16.2 Å². The van der Waals surface area contributed by atoms with Crippen molar-refractivity contribution in [2.24, 2.45) is 0 Å². The van der Waals surface area contributed by atoms with Gasteiger partial charge in [0.1, 0.15) is 6.61 Å². The summed E-state index contributed by atoms with van der Waals surface area (Å²) in [5.41, 5.74) is 12.7. The topological polar surface area (TPSA) is 105 Å². The molecule has 1 heterocycles. The third kappa shape index (κ3) is 5.93. The van der Waals surface area contributed by atoms with Crippen LogP contribution < -0.4 is 21.9 Å². The lowest BCUT2D eigenvalue weighted by molar-refractivity contribution is -0.120. The number of nitrogen functional groups attached to an aromatic ring is 1. The zero-order valence-electron chi connectivity index (χ0n) is 15.0. The second kappa shape index (κ2) is 10.2. The second-order valence-corrected chi connectivity index (χ2v) is 5.98. The van der Waals surface area contributed by atoms with E-state index in [2.05, 4.69) is 16.2 Å². The Morgan fingerprint density at radius 1 is 1.15 bits per heavy atom. The maximum absolute atomic E-state index is 12.6. The van der Waals surface area contributed by atoms with E-state index in [-0.39, 0.29) is 29.8 Å². The van der Waals surface area contributed by atoms with Gasteiger partial charge in [-0.1, -0.05) is 24.6 Å². The molecule has 0 aliphatic carbocycles. The van der Waals surface area contributed by atoms with Crippen LogP contribution in [0.4, 0.5) is 5.69 Å². The molecule has 1 aliphatic rings. The van der Waals surface area contributed by atoms with Crippen molar-refractivity contribution in [2.45, 2.75) is 32.3 Å². The highest BCUT2D eigenvalue weighted by Crippen LogP contribution is 2.14. The van der Waals surface area contributed by atoms with E-state index in [1.807, 2.05) is 18.2 Å². The van der Waals surface area contributed by atoms with Crippen molar-refractivity contribution in [3.63, 3.8) is 0 Å². The quantitative estimate of drug-likeness (QED) is 0.470. The maximum atomic E-state index is 12.6. The number of benzene rings is 1. The first-order valence-electron chi connectivity index (χ1n) is 8.75. The van der Waals surface area contributed by atoms with Gasteiger partial charge in [0.15, 0.2) is 11.5 Å². The molecule has 0 spiro atoms. The molecule has 0 saturated heterocycles. The minimum absolute atomic E-state index is 0.0227. The fourth-order valence-electron chi connectivity index (χ4n) is 2.50. The molecule has 0 saturated carbocycles. The Hall–Kier alpha value is -2.80. The fourth-order valence-corrected chi connectivity index (χ4v) is 2.50. The lowest BCUT2D eigenvalue weighted by atomic mass is 10.1. The van der Waals surface area contributed by atoms with Gasteiger partial charge in [0, 0.05) is 19.3 Å². The smallest absolute Gasteiger partial charge is 0.272 e. The summed E-state index contributed by atoms with van der Waals surface area (Å²) in [4.78, 5) is 25.1. The van der Waals surface area contributed by atoms with E-state index in [4.69, 9.17) is 10.5 Å². The summed E-state index contributed by atoms with van der Waals surface area (Å²) < 4.78 is 5.74. The summed E-state index contributed by atoms with van der Waals surface area (Å²) in [7, 11) is 1.62. The number of nitrogens with one attached hydrogen (secondary N) is 3. The van der Waals surface area contributed by atoms with E-state index in [0.717, 1.165) is 31.2 Å². The monoisotopic (exact) mass is 358 g/mol. The van der Waals surface area contributed by atoms with Crippen molar-refractivity contribution >= 4 is 17.4 Å². The van der Waals surface area contributed by atoms with Crippen LogP contribution in [-0.2, 0) is 20.9 Å². The van der Waals surface area contributed by atoms with Gasteiger partial charge in [0.25, 0.3) is 5.91 Å². The summed E-state index contributed by atoms with van der Waals surface area (Å²) >= 11 is 0. The molecule has 26 heavy (non-hydrogen) atoms. The van der Waals surface area contributed by atoms with E-state index >= 15 is 0 Å². The first-order valence-corrected chi connectivity index (χ1v) is 8.75. The summed E-state index contributed by atoms with van der Waals surface area (Å²) in [5, 5.41) is 2.82. The minimum Gasteiger partial charge on any atom is -0.483 e. The van der Waals surface area contributed by atoms with E-state index < -0.39 is 0 Å². The average Bonchev–Trinajstić information content (AvgIpc) is 2.63. The molecule has 0 aromatic heterocycles. The molecule has 1 aromatic rings. The molecule has 0 unspecified atom stereocenters. The van der Waals surface area contributed by atoms with Gasteiger partial charge in [-0.2, -0.15) is 0 Å². The maximum Gasteiger partial charge on any atom is 0.272 e. The summed E-state index contributed by atoms with van der Waals surface area (Å²) in [6, 6.07) is 7.15. The van der Waals surface area contributed by atoms with Crippen LogP contribution in [0.2, 0.25) is 0 Å². The molecule has 2 rings (SSSR count). The second-order valence-electron chi connectivity index (χ2n) is 5.98. The van der Waals surface area contributed by atoms with Crippen LogP contribution >= 0.6 is 0 Å². The largest absolute Gasteiger partial charge is 0.483 e. The Labute approximate surface area is 153 Å². The van der Waals surface area contributed by atoms with Crippen LogP contribution in [-0.4, -0.2) is 25.3 Å². The Bertz CT molecular complexity index is 681. The van der Waals surface area contributed by atoms with Crippen LogP contribution in [0.3, 0.4) is 0 Å². The number of hydrogen-bond donors (Lipinski definition) is 4. The molecular weight excluding hydrogens is 332 g/mol. The molecular formula is C19H26N4O3. The molecule has 0 atom stereocenters. The molecule has 140 valence electrons. The van der Waals surface area contributed by atoms with Gasteiger partial charge in [-0.3, -0.25) is 9.59 Å². The number of allylic oxidation sites excluding steroid dienone is 2. The fraction of sp³-hybridized carbons (Fsp3) is 0.368. The summed E-state index contributed by atoms with van der Waals surface area (Å²) in [6.45, 7) is 0.703. The highest BCUT2D eigenvalue weighted by atomic mass is 16.5. The molecule has 7 nitrogen and oxygen atoms in total. The van der Waals surface area contributed by atoms with Crippen LogP contribution in [0, 0.1) is 0 Å². The van der Waals surface area contributed by atoms with Gasteiger partial charge in [0.05, 0.1) is 0 Å². The molecule has 0 bridgehead atoms. The number of amides is 1. The zero-order chi connectivity index (χ0) is 18.8. The van der Waals surface area contributed by atoms with E-state index in [1.54, 1.807) is 19.2 Å². The number of rotatable bonds is 5. The Balaban J connectivity index is 2.28. The number of anilines is 1. The number of ketones is 1. The molecule has 0 fully saturated rings. The molecule has 5 N–H and O–H groups in total. The van der Waals surface area contributed by atoms with E-state index in [0.29, 0.717) is 12.2 Å². The number of carbonyl (C=O) groups excluding carboxylic acids is 2. The molecule has 7 heteroatoms. The number of nitrogens with two attached hydrogens (primary N) is 1. The third-order valence-corrected chi connectivity index (χ3v) is 3.89. The van der Waals surface area contributed by atoms with Gasteiger partial charge >= 0.3 is 0 Å². The zero-order valence-corrected chi connectivity index (χ0v) is 15.0. The van der Waals surface area contributed by atoms with Crippen LogP contribution in [0.15, 0.2) is 47.9 Å². The lowest BCUT2D eigenvalue weighted by Crippen LogP contribution is -2.39. The normalized spacial score (nSPS) is 20.5. The molecule has 1 amide bonds. The number of hydrazine groups is 1. The molecule has 0 radical (unpaired) electrons. The highest BCUT2D eigenvalue weighted by molar-refractivity contribution is 6.08. The third-order valence-electron chi connectivity index (χ3n) is 3.89. The Morgan fingerprint density at radius 2 is 1.92 bits per heavy atom. The number of hydrogen-bond acceptors (Lipinski definition) is 6. The highest BCUT2D eigenvalue weighted by Gasteiger charge is 2.21. The predicted molar refractivity (Wildman–Crippen MR) is 100 cm³/mol. The van der Waals surface area contributed by atoms with Crippen molar-refractivity contribution in [1.29, 1.82) is 0 Å². The van der Waals surface area contributed by atoms with Crippen LogP contribution in [0.25, 0.3) is 0 Å². The predicted octanol–water partition coefficient (Wildman–Crippen LogP) is 1.54. The van der Waals surface area contributed by atoms with Crippen molar-refractivity contribution in [3.8, 4) is 0 Å². The van der Waals surface area contributed by atoms with E-state index in [1.165, 1.54) is 6.08 Å². The SMILES string of the molecule is CNN/C1=C(/OCc2ccc(N)cc2)C(=O)/C=C\CCCCCNC1=O. The number of ether oxygens (including phenoxy) is 1. The van der Waals surface area contributed by atoms with Gasteiger partial charge in [-0.25, -0.2) is 5.43 Å². The van der Waals surface area contributed by atoms with Gasteiger partial charge in [0.2, 0.25) is 5.78 Å². The standard InChI is InChI=1S/C19H26N4O3/c1-21-23-17-18(26-13-14-8-10-15(20)11-9-14)16(24)7-5-3-2-4-6-12-22-19(17)25/h5,7-11,21,23H,2-4,6,12-13,20H2,1H3,(H,22,25)/b7-5-,18-17+. The summed E-state index contributed by atoms with van der Waals surface area (Å²) in [6.07, 6.45) is 6.97. The van der Waals surface area contributed by atoms with Crippen LogP contribution in [0.1, 0.15) is 31.2 Å². The lowest BCUT2D eigenvalue weighted by Gasteiger charge is -2.16. The number of carbonyl (C=O) groups is 2. The van der Waals surface area contributed by atoms with Crippen LogP contribution in [0.5, 0.6) is 0 Å². The van der Waals surface area contributed by atoms with Gasteiger partial charge in [-0.15, -0.1) is 0 Å². The van der Waals surface area contributed by atoms with Crippen molar-refractivity contribution in [3.05, 3.63) is 53.4 Å². The Morgan fingerprint density at radius 3 is 2.65 bits per heavy atom. The van der Waals surface area contributed by atoms with Crippen molar-refractivity contribution < 1.29 is 14.3 Å². The first kappa shape index (κ1) is 19.5. The van der Waals surface area contributed by atoms with E-state index in [9.17, 15) is 9.59 Å². The van der Waals surface area contributed by atoms with Crippen molar-refractivity contribution in [2.75, 3.05) is 19.3 Å². The average molecular weight is 358 g/mol. The minimum atomic E-state index is -0.381. The molecule has 1 aromatic carbocycles. The first-order chi connectivity index (χ1) is 12.6. The Kier molecular flexibility index (Phi) is 7.70. The van der Waals surface area contributed by atoms with Gasteiger partial charge in [-0.05, 0) is 43.0 Å². The molecule has 1 aliphatic heterocycles.